The zero-order valence-corrected chi connectivity index (χ0v) is 10.9. The van der Waals surface area contributed by atoms with Crippen LogP contribution in [0.5, 0.6) is 5.75 Å². The molecule has 0 bridgehead atoms. The average molecular weight is 236 g/mol. The van der Waals surface area contributed by atoms with Crippen LogP contribution in [0, 0.1) is 6.92 Å². The summed E-state index contributed by atoms with van der Waals surface area (Å²) in [5, 5.41) is 14.6. The number of hydrogen-bond donors (Lipinski definition) is 1. The third kappa shape index (κ3) is 3.46. The maximum Gasteiger partial charge on any atom is 0.143 e. The van der Waals surface area contributed by atoms with Gasteiger partial charge in [0, 0.05) is 32.3 Å². The van der Waals surface area contributed by atoms with E-state index in [1.165, 1.54) is 0 Å². The van der Waals surface area contributed by atoms with Crippen molar-refractivity contribution >= 4 is 10.9 Å². The van der Waals surface area contributed by atoms with Gasteiger partial charge in [-0.1, -0.05) is 13.0 Å². The van der Waals surface area contributed by atoms with Crippen LogP contribution in [0.25, 0.3) is 10.9 Å². The first-order valence-electron chi connectivity index (χ1n) is 5.71. The lowest BCUT2D eigenvalue weighted by molar-refractivity contribution is 0.199. The molecule has 1 aromatic heterocycles. The van der Waals surface area contributed by atoms with E-state index in [0.29, 0.717) is 5.52 Å². The quantitative estimate of drug-likeness (QED) is 0.872. The topological polar surface area (TPSA) is 47.3 Å². The highest BCUT2D eigenvalue weighted by Crippen LogP contribution is 2.24. The second kappa shape index (κ2) is 6.25. The Morgan fingerprint density at radius 2 is 2.12 bits per heavy atom. The van der Waals surface area contributed by atoms with Gasteiger partial charge in [-0.15, -0.1) is 0 Å². The lowest BCUT2D eigenvalue weighted by Crippen LogP contribution is -1.84. The van der Waals surface area contributed by atoms with Crippen LogP contribution in [0.2, 0.25) is 0 Å². The molecule has 4 heteroatoms. The Hall–Kier alpha value is -1.55. The van der Waals surface area contributed by atoms with Gasteiger partial charge in [-0.05, 0) is 25.0 Å². The van der Waals surface area contributed by atoms with Crippen molar-refractivity contribution in [2.24, 2.45) is 7.05 Å². The Bertz CT molecular complexity index is 436. The fourth-order valence-electron chi connectivity index (χ4n) is 1.54. The molecule has 17 heavy (non-hydrogen) atoms. The molecule has 0 aliphatic rings. The number of rotatable bonds is 2. The van der Waals surface area contributed by atoms with Gasteiger partial charge in [0.25, 0.3) is 0 Å². The predicted octanol–water partition coefficient (Wildman–Crippen LogP) is 2.63. The number of phenolic OH excluding ortho intramolecular Hbond substituents is 1. The summed E-state index contributed by atoms with van der Waals surface area (Å²) in [6.45, 7) is 4.98. The van der Waals surface area contributed by atoms with Crippen LogP contribution in [0.3, 0.4) is 0 Å². The number of benzene rings is 1. The zero-order chi connectivity index (χ0) is 12.8. The summed E-state index contributed by atoms with van der Waals surface area (Å²) in [5.74, 6) is 0.246. The first-order valence-corrected chi connectivity index (χ1v) is 5.71. The number of phenols is 1. The molecular formula is C13H20N2O2. The van der Waals surface area contributed by atoms with Crippen molar-refractivity contribution in [3.63, 3.8) is 0 Å². The van der Waals surface area contributed by atoms with Gasteiger partial charge in [0.2, 0.25) is 0 Å². The minimum atomic E-state index is 0.246. The molecule has 4 nitrogen and oxygen atoms in total. The van der Waals surface area contributed by atoms with Crippen LogP contribution in [-0.2, 0) is 11.8 Å². The fourth-order valence-corrected chi connectivity index (χ4v) is 1.54. The number of hydrogen-bond acceptors (Lipinski definition) is 3. The van der Waals surface area contributed by atoms with E-state index in [1.54, 1.807) is 17.9 Å². The first-order chi connectivity index (χ1) is 8.10. The minimum Gasteiger partial charge on any atom is -0.506 e. The molecular weight excluding hydrogens is 216 g/mol. The summed E-state index contributed by atoms with van der Waals surface area (Å²) < 4.78 is 6.40. The molecule has 0 amide bonds. The van der Waals surface area contributed by atoms with Crippen molar-refractivity contribution in [2.45, 2.75) is 20.3 Å². The normalized spacial score (nSPS) is 10.1. The van der Waals surface area contributed by atoms with Gasteiger partial charge in [-0.2, -0.15) is 5.10 Å². The van der Waals surface area contributed by atoms with E-state index in [-0.39, 0.29) is 5.75 Å². The monoisotopic (exact) mass is 236 g/mol. The lowest BCUT2D eigenvalue weighted by Gasteiger charge is -1.95. The van der Waals surface area contributed by atoms with E-state index in [2.05, 4.69) is 12.0 Å². The number of nitrogens with zero attached hydrogens (tertiary/aromatic N) is 2. The third-order valence-corrected chi connectivity index (χ3v) is 2.40. The molecule has 2 aromatic rings. The maximum atomic E-state index is 9.43. The second-order valence-corrected chi connectivity index (χ2v) is 3.96. The van der Waals surface area contributed by atoms with E-state index in [4.69, 9.17) is 4.74 Å². The van der Waals surface area contributed by atoms with E-state index >= 15 is 0 Å². The van der Waals surface area contributed by atoms with Gasteiger partial charge in [0.15, 0.2) is 0 Å². The van der Waals surface area contributed by atoms with Crippen LogP contribution in [0.15, 0.2) is 18.3 Å². The van der Waals surface area contributed by atoms with Gasteiger partial charge >= 0.3 is 0 Å². The number of methoxy groups -OCH3 is 1. The van der Waals surface area contributed by atoms with Gasteiger partial charge in [-0.25, -0.2) is 0 Å². The molecule has 0 unspecified atom stereocenters. The number of aromatic nitrogens is 2. The molecule has 1 heterocycles. The molecule has 0 atom stereocenters. The largest absolute Gasteiger partial charge is 0.506 e. The predicted molar refractivity (Wildman–Crippen MR) is 69.3 cm³/mol. The van der Waals surface area contributed by atoms with Crippen LogP contribution in [-0.4, -0.2) is 28.6 Å². The maximum absolute atomic E-state index is 9.43. The van der Waals surface area contributed by atoms with E-state index < -0.39 is 0 Å². The molecule has 0 radical (unpaired) electrons. The first kappa shape index (κ1) is 13.5. The summed E-state index contributed by atoms with van der Waals surface area (Å²) in [4.78, 5) is 0. The molecule has 0 aliphatic carbocycles. The van der Waals surface area contributed by atoms with E-state index in [9.17, 15) is 5.11 Å². The number of fused-ring (bicyclic) bond motifs is 1. The third-order valence-electron chi connectivity index (χ3n) is 2.40. The summed E-state index contributed by atoms with van der Waals surface area (Å²) in [6.07, 6.45) is 3.03. The van der Waals surface area contributed by atoms with Gasteiger partial charge in [0.1, 0.15) is 11.3 Å². The summed E-state index contributed by atoms with van der Waals surface area (Å²) in [5.41, 5.74) is 1.81. The molecule has 1 aromatic carbocycles. The Morgan fingerprint density at radius 3 is 2.59 bits per heavy atom. The van der Waals surface area contributed by atoms with Crippen molar-refractivity contribution in [1.29, 1.82) is 0 Å². The summed E-state index contributed by atoms with van der Waals surface area (Å²) in [6, 6.07) is 3.56. The average Bonchev–Trinajstić information content (AvgIpc) is 2.69. The number of aromatic hydroxyl groups is 1. The van der Waals surface area contributed by atoms with Crippen molar-refractivity contribution < 1.29 is 9.84 Å². The van der Waals surface area contributed by atoms with E-state index in [1.807, 2.05) is 26.2 Å². The second-order valence-electron chi connectivity index (χ2n) is 3.96. The standard InChI is InChI=1S/C9H10N2O.C4H10O/c1-6-3-4-8(12)9-7(6)5-11(2)10-9;1-3-4-5-2/h3-5,12H,1-2H3;3-4H2,1-2H3. The minimum absolute atomic E-state index is 0.246. The van der Waals surface area contributed by atoms with Crippen LogP contribution < -0.4 is 0 Å². The van der Waals surface area contributed by atoms with Crippen molar-refractivity contribution in [1.82, 2.24) is 9.78 Å². The van der Waals surface area contributed by atoms with Crippen LogP contribution >= 0.6 is 0 Å². The summed E-state index contributed by atoms with van der Waals surface area (Å²) in [7, 11) is 3.56. The highest BCUT2D eigenvalue weighted by atomic mass is 16.5. The van der Waals surface area contributed by atoms with Crippen LogP contribution in [0.1, 0.15) is 18.9 Å². The Balaban J connectivity index is 0.000000249. The highest BCUT2D eigenvalue weighted by Gasteiger charge is 2.05. The van der Waals surface area contributed by atoms with Gasteiger partial charge < -0.3 is 9.84 Å². The fraction of sp³-hybridized carbons (Fsp3) is 0.462. The van der Waals surface area contributed by atoms with Crippen molar-refractivity contribution in [3.05, 3.63) is 23.9 Å². The molecule has 0 fully saturated rings. The number of aryl methyl sites for hydroxylation is 2. The van der Waals surface area contributed by atoms with Gasteiger partial charge in [0.05, 0.1) is 0 Å². The molecule has 0 aliphatic heterocycles. The Morgan fingerprint density at radius 1 is 1.41 bits per heavy atom. The smallest absolute Gasteiger partial charge is 0.143 e. The van der Waals surface area contributed by atoms with Crippen molar-refractivity contribution in [2.75, 3.05) is 13.7 Å². The summed E-state index contributed by atoms with van der Waals surface area (Å²) >= 11 is 0. The molecule has 0 saturated carbocycles. The molecule has 0 saturated heterocycles. The number of ether oxygens (including phenoxy) is 1. The Labute approximate surface area is 102 Å². The molecule has 2 rings (SSSR count). The van der Waals surface area contributed by atoms with Gasteiger partial charge in [-0.3, -0.25) is 4.68 Å². The highest BCUT2D eigenvalue weighted by molar-refractivity contribution is 5.86. The van der Waals surface area contributed by atoms with E-state index in [0.717, 1.165) is 24.0 Å². The van der Waals surface area contributed by atoms with Crippen molar-refractivity contribution in [3.8, 4) is 5.75 Å². The van der Waals surface area contributed by atoms with Crippen LogP contribution in [0.4, 0.5) is 0 Å². The lowest BCUT2D eigenvalue weighted by atomic mass is 10.1. The molecule has 1 N–H and O–H groups in total. The Kier molecular flexibility index (Phi) is 4.97. The SMILES string of the molecule is CCCOC.Cc1ccc(O)c2nn(C)cc12. The molecule has 94 valence electrons. The zero-order valence-electron chi connectivity index (χ0n) is 10.9. The molecule has 0 spiro atoms.